The third-order valence-electron chi connectivity index (χ3n) is 6.97. The van der Waals surface area contributed by atoms with Crippen molar-refractivity contribution < 1.29 is 27.7 Å². The SMILES string of the molecule is CC[C@H](C)NC(=O)[C@@H](C)N(Cc1ccccc1)C(=O)CN(c1ccc(OC)cc1)S(=O)(=O)c1ccc(C)c([N+](=O)[O-])c1. The highest BCUT2D eigenvalue weighted by molar-refractivity contribution is 7.92. The third-order valence-corrected chi connectivity index (χ3v) is 8.74. The number of nitro benzene ring substituents is 1. The quantitative estimate of drug-likeness (QED) is 0.227. The van der Waals surface area contributed by atoms with Crippen LogP contribution in [0.1, 0.15) is 38.3 Å². The van der Waals surface area contributed by atoms with E-state index in [0.717, 1.165) is 15.9 Å². The molecule has 224 valence electrons. The summed E-state index contributed by atoms with van der Waals surface area (Å²) >= 11 is 0. The van der Waals surface area contributed by atoms with Crippen molar-refractivity contribution in [2.75, 3.05) is 18.0 Å². The van der Waals surface area contributed by atoms with Gasteiger partial charge in [-0.2, -0.15) is 0 Å². The molecule has 0 aliphatic rings. The molecule has 3 aromatic rings. The van der Waals surface area contributed by atoms with Gasteiger partial charge in [-0.15, -0.1) is 0 Å². The minimum Gasteiger partial charge on any atom is -0.497 e. The van der Waals surface area contributed by atoms with Crippen molar-refractivity contribution >= 4 is 33.2 Å². The average Bonchev–Trinajstić information content (AvgIpc) is 2.98. The fraction of sp³-hybridized carbons (Fsp3) is 0.333. The number of hydrogen-bond acceptors (Lipinski definition) is 7. The molecule has 0 aromatic heterocycles. The standard InChI is InChI=1S/C30H36N4O7S/c1-6-22(3)31-30(36)23(4)32(19-24-10-8-7-9-11-24)29(35)20-33(25-13-15-26(41-5)16-14-25)42(39,40)27-17-12-21(2)28(18-27)34(37)38/h7-18,22-23H,6,19-20H2,1-5H3,(H,31,36)/t22-,23+/m0/s1. The zero-order chi connectivity index (χ0) is 31.0. The summed E-state index contributed by atoms with van der Waals surface area (Å²) in [5.74, 6) is -0.539. The molecule has 0 bridgehead atoms. The summed E-state index contributed by atoms with van der Waals surface area (Å²) in [6, 6.07) is 17.7. The lowest BCUT2D eigenvalue weighted by Crippen LogP contribution is -2.52. The Bertz CT molecular complexity index is 1510. The van der Waals surface area contributed by atoms with E-state index in [9.17, 15) is 28.1 Å². The van der Waals surface area contributed by atoms with Gasteiger partial charge in [0.05, 0.1) is 22.6 Å². The number of hydrogen-bond donors (Lipinski definition) is 1. The van der Waals surface area contributed by atoms with E-state index in [1.54, 1.807) is 31.2 Å². The zero-order valence-corrected chi connectivity index (χ0v) is 25.1. The van der Waals surface area contributed by atoms with Crippen LogP contribution in [0.4, 0.5) is 11.4 Å². The van der Waals surface area contributed by atoms with E-state index in [1.165, 1.54) is 43.2 Å². The maximum absolute atomic E-state index is 14.0. The number of carbonyl (C=O) groups is 2. The van der Waals surface area contributed by atoms with Crippen molar-refractivity contribution in [3.63, 3.8) is 0 Å². The van der Waals surface area contributed by atoms with Crippen molar-refractivity contribution in [3.05, 3.63) is 94.0 Å². The molecule has 0 aliphatic heterocycles. The van der Waals surface area contributed by atoms with Gasteiger partial charge in [0.1, 0.15) is 18.3 Å². The molecular weight excluding hydrogens is 560 g/mol. The van der Waals surface area contributed by atoms with Crippen LogP contribution < -0.4 is 14.4 Å². The zero-order valence-electron chi connectivity index (χ0n) is 24.3. The van der Waals surface area contributed by atoms with Gasteiger partial charge in [0.2, 0.25) is 11.8 Å². The number of aryl methyl sites for hydroxylation is 1. The number of nitro groups is 1. The molecule has 0 unspecified atom stereocenters. The number of methoxy groups -OCH3 is 1. The number of ether oxygens (including phenoxy) is 1. The molecule has 3 aromatic carbocycles. The van der Waals surface area contributed by atoms with E-state index in [0.29, 0.717) is 17.7 Å². The van der Waals surface area contributed by atoms with Gasteiger partial charge in [-0.3, -0.25) is 24.0 Å². The molecule has 0 saturated heterocycles. The van der Waals surface area contributed by atoms with E-state index in [-0.39, 0.29) is 34.8 Å². The number of nitrogens with one attached hydrogen (secondary N) is 1. The van der Waals surface area contributed by atoms with Crippen LogP contribution in [-0.4, -0.2) is 55.8 Å². The Morgan fingerprint density at radius 2 is 1.67 bits per heavy atom. The van der Waals surface area contributed by atoms with Crippen LogP contribution in [0.25, 0.3) is 0 Å². The second-order valence-corrected chi connectivity index (χ2v) is 11.8. The summed E-state index contributed by atoms with van der Waals surface area (Å²) in [6.45, 7) is 6.27. The fourth-order valence-corrected chi connectivity index (χ4v) is 5.61. The van der Waals surface area contributed by atoms with Gasteiger partial charge in [0, 0.05) is 24.2 Å². The average molecular weight is 597 g/mol. The number of rotatable bonds is 13. The van der Waals surface area contributed by atoms with Gasteiger partial charge >= 0.3 is 0 Å². The minimum atomic E-state index is -4.48. The van der Waals surface area contributed by atoms with Crippen LogP contribution in [0.15, 0.2) is 77.7 Å². The molecule has 2 atom stereocenters. The van der Waals surface area contributed by atoms with Crippen molar-refractivity contribution in [2.45, 2.75) is 57.6 Å². The molecule has 0 aliphatic carbocycles. The van der Waals surface area contributed by atoms with Crippen molar-refractivity contribution in [3.8, 4) is 5.75 Å². The Kier molecular flexibility index (Phi) is 10.6. The monoisotopic (exact) mass is 596 g/mol. The summed E-state index contributed by atoms with van der Waals surface area (Å²) in [6.07, 6.45) is 0.692. The maximum Gasteiger partial charge on any atom is 0.273 e. The summed E-state index contributed by atoms with van der Waals surface area (Å²) in [5, 5.41) is 14.5. The van der Waals surface area contributed by atoms with Crippen molar-refractivity contribution in [2.24, 2.45) is 0 Å². The van der Waals surface area contributed by atoms with E-state index in [1.807, 2.05) is 32.0 Å². The lowest BCUT2D eigenvalue weighted by atomic mass is 10.1. The van der Waals surface area contributed by atoms with Gasteiger partial charge < -0.3 is 15.0 Å². The maximum atomic E-state index is 14.0. The Balaban J connectivity index is 2.07. The van der Waals surface area contributed by atoms with Crippen LogP contribution in [0.2, 0.25) is 0 Å². The second-order valence-electron chi connectivity index (χ2n) is 9.92. The van der Waals surface area contributed by atoms with Gasteiger partial charge in [-0.1, -0.05) is 43.3 Å². The number of anilines is 1. The van der Waals surface area contributed by atoms with Crippen molar-refractivity contribution in [1.82, 2.24) is 10.2 Å². The number of sulfonamides is 1. The van der Waals surface area contributed by atoms with Crippen molar-refractivity contribution in [1.29, 1.82) is 0 Å². The molecule has 0 heterocycles. The summed E-state index contributed by atoms with van der Waals surface area (Å²) in [7, 11) is -3.01. The third kappa shape index (κ3) is 7.64. The van der Waals surface area contributed by atoms with Crippen LogP contribution in [0.5, 0.6) is 5.75 Å². The highest BCUT2D eigenvalue weighted by Crippen LogP contribution is 2.29. The van der Waals surface area contributed by atoms with Crippen LogP contribution >= 0.6 is 0 Å². The summed E-state index contributed by atoms with van der Waals surface area (Å²) in [4.78, 5) is 39.0. The Labute approximate surface area is 246 Å². The number of nitrogens with zero attached hydrogens (tertiary/aromatic N) is 3. The van der Waals surface area contributed by atoms with E-state index in [2.05, 4.69) is 5.32 Å². The molecule has 0 fully saturated rings. The molecule has 0 saturated carbocycles. The summed E-state index contributed by atoms with van der Waals surface area (Å²) in [5.41, 5.74) is 0.824. The predicted octanol–water partition coefficient (Wildman–Crippen LogP) is 4.44. The smallest absolute Gasteiger partial charge is 0.273 e. The fourth-order valence-electron chi connectivity index (χ4n) is 4.18. The first-order valence-electron chi connectivity index (χ1n) is 13.4. The van der Waals surface area contributed by atoms with E-state index >= 15 is 0 Å². The lowest BCUT2D eigenvalue weighted by molar-refractivity contribution is -0.385. The van der Waals surface area contributed by atoms with Crippen LogP contribution in [0, 0.1) is 17.0 Å². The topological polar surface area (TPSA) is 139 Å². The first-order valence-corrected chi connectivity index (χ1v) is 14.9. The molecule has 42 heavy (non-hydrogen) atoms. The lowest BCUT2D eigenvalue weighted by Gasteiger charge is -2.32. The first kappa shape index (κ1) is 32.1. The van der Waals surface area contributed by atoms with Gasteiger partial charge in [0.15, 0.2) is 0 Å². The highest BCUT2D eigenvalue weighted by atomic mass is 32.2. The predicted molar refractivity (Wildman–Crippen MR) is 160 cm³/mol. The largest absolute Gasteiger partial charge is 0.497 e. The number of amides is 2. The Morgan fingerprint density at radius 3 is 2.24 bits per heavy atom. The van der Waals surface area contributed by atoms with Gasteiger partial charge in [-0.05, 0) is 63.1 Å². The van der Waals surface area contributed by atoms with Crippen LogP contribution in [-0.2, 0) is 26.2 Å². The molecule has 1 N–H and O–H groups in total. The van der Waals surface area contributed by atoms with Gasteiger partial charge in [-0.25, -0.2) is 8.42 Å². The normalized spacial score (nSPS) is 12.6. The molecule has 0 radical (unpaired) electrons. The second kappa shape index (κ2) is 13.9. The Hall–Kier alpha value is -4.45. The molecule has 2 amide bonds. The van der Waals surface area contributed by atoms with Crippen LogP contribution in [0.3, 0.4) is 0 Å². The number of benzene rings is 3. The molecule has 3 rings (SSSR count). The molecule has 11 nitrogen and oxygen atoms in total. The summed E-state index contributed by atoms with van der Waals surface area (Å²) < 4.78 is 34.1. The highest BCUT2D eigenvalue weighted by Gasteiger charge is 2.33. The Morgan fingerprint density at radius 1 is 1.02 bits per heavy atom. The first-order chi connectivity index (χ1) is 19.9. The van der Waals surface area contributed by atoms with E-state index < -0.39 is 33.4 Å². The molecule has 0 spiro atoms. The van der Waals surface area contributed by atoms with Gasteiger partial charge in [0.25, 0.3) is 15.7 Å². The number of carbonyl (C=O) groups excluding carboxylic acids is 2. The molecular formula is C30H36N4O7S. The minimum absolute atomic E-state index is 0.0568. The molecule has 12 heteroatoms. The van der Waals surface area contributed by atoms with E-state index in [4.69, 9.17) is 4.74 Å².